The fraction of sp³-hybridized carbons (Fsp3) is 0.462. The summed E-state index contributed by atoms with van der Waals surface area (Å²) in [4.78, 5) is 14.1. The fourth-order valence-corrected chi connectivity index (χ4v) is 2.55. The molecule has 2 aliphatic rings. The number of benzene rings is 1. The Labute approximate surface area is 106 Å². The maximum absolute atomic E-state index is 12.4. The van der Waals surface area contributed by atoms with Crippen LogP contribution in [0.1, 0.15) is 16.8 Å². The third kappa shape index (κ3) is 1.90. The Bertz CT molecular complexity index is 475. The standard InChI is InChI=1S/C13H17N3O2/c17-9-4-7-16(8-9)13(18)10-2-1-3-11-12(10)15-6-5-14-11/h1-3,9,14-15,17H,4-8H2. The number of anilines is 2. The number of amides is 1. The summed E-state index contributed by atoms with van der Waals surface area (Å²) in [5.74, 6) is -0.000370. The van der Waals surface area contributed by atoms with Crippen LogP contribution in [0, 0.1) is 0 Å². The molecule has 0 bridgehead atoms. The lowest BCUT2D eigenvalue weighted by Crippen LogP contribution is -2.31. The van der Waals surface area contributed by atoms with Crippen LogP contribution in [0.15, 0.2) is 18.2 Å². The van der Waals surface area contributed by atoms with Gasteiger partial charge < -0.3 is 20.6 Å². The zero-order chi connectivity index (χ0) is 12.5. The molecule has 0 aromatic heterocycles. The molecule has 0 saturated carbocycles. The van der Waals surface area contributed by atoms with E-state index in [0.717, 1.165) is 24.5 Å². The molecule has 1 unspecified atom stereocenters. The van der Waals surface area contributed by atoms with E-state index in [4.69, 9.17) is 0 Å². The van der Waals surface area contributed by atoms with E-state index in [9.17, 15) is 9.90 Å². The van der Waals surface area contributed by atoms with Gasteiger partial charge in [-0.05, 0) is 18.6 Å². The molecular formula is C13H17N3O2. The summed E-state index contributed by atoms with van der Waals surface area (Å²) in [5, 5.41) is 16.1. The molecule has 2 heterocycles. The largest absolute Gasteiger partial charge is 0.391 e. The zero-order valence-electron chi connectivity index (χ0n) is 10.1. The smallest absolute Gasteiger partial charge is 0.256 e. The van der Waals surface area contributed by atoms with Gasteiger partial charge in [0.15, 0.2) is 0 Å². The van der Waals surface area contributed by atoms with Crippen molar-refractivity contribution in [3.05, 3.63) is 23.8 Å². The molecule has 1 aromatic carbocycles. The summed E-state index contributed by atoms with van der Waals surface area (Å²) in [6, 6.07) is 5.70. The quantitative estimate of drug-likeness (QED) is 0.684. The predicted molar refractivity (Wildman–Crippen MR) is 69.9 cm³/mol. The Kier molecular flexibility index (Phi) is 2.83. The van der Waals surface area contributed by atoms with Crippen LogP contribution in [0.25, 0.3) is 0 Å². The van der Waals surface area contributed by atoms with Crippen molar-refractivity contribution in [2.45, 2.75) is 12.5 Å². The van der Waals surface area contributed by atoms with Crippen LogP contribution in [0.3, 0.4) is 0 Å². The lowest BCUT2D eigenvalue weighted by molar-refractivity contribution is 0.0766. The number of nitrogens with zero attached hydrogens (tertiary/aromatic N) is 1. The van der Waals surface area contributed by atoms with Gasteiger partial charge in [-0.15, -0.1) is 0 Å². The van der Waals surface area contributed by atoms with Crippen molar-refractivity contribution in [2.75, 3.05) is 36.8 Å². The van der Waals surface area contributed by atoms with Crippen LogP contribution in [0.4, 0.5) is 11.4 Å². The summed E-state index contributed by atoms with van der Waals surface area (Å²) < 4.78 is 0. The molecule has 2 aliphatic heterocycles. The number of carbonyl (C=O) groups is 1. The van der Waals surface area contributed by atoms with Gasteiger partial charge >= 0.3 is 0 Å². The van der Waals surface area contributed by atoms with Crippen LogP contribution in [-0.4, -0.2) is 48.2 Å². The Balaban J connectivity index is 1.90. The van der Waals surface area contributed by atoms with E-state index in [1.54, 1.807) is 4.90 Å². The van der Waals surface area contributed by atoms with E-state index in [1.807, 2.05) is 18.2 Å². The molecule has 0 aliphatic carbocycles. The molecule has 3 N–H and O–H groups in total. The minimum Gasteiger partial charge on any atom is -0.391 e. The second-order valence-electron chi connectivity index (χ2n) is 4.78. The first-order valence-electron chi connectivity index (χ1n) is 6.34. The lowest BCUT2D eigenvalue weighted by atomic mass is 10.1. The number of aliphatic hydroxyl groups is 1. The van der Waals surface area contributed by atoms with Crippen LogP contribution in [0.5, 0.6) is 0 Å². The Morgan fingerprint density at radius 2 is 2.17 bits per heavy atom. The average Bonchev–Trinajstić information content (AvgIpc) is 2.84. The number of β-amino-alcohol motifs (C(OH)–C–C–N with tert-alkyl or cyclic N) is 1. The van der Waals surface area contributed by atoms with Gasteiger partial charge in [0, 0.05) is 26.2 Å². The number of hydrogen-bond donors (Lipinski definition) is 3. The summed E-state index contributed by atoms with van der Waals surface area (Å²) >= 11 is 0. The maximum Gasteiger partial charge on any atom is 0.256 e. The second kappa shape index (κ2) is 4.49. The van der Waals surface area contributed by atoms with Gasteiger partial charge in [-0.2, -0.15) is 0 Å². The molecule has 0 radical (unpaired) electrons. The minimum absolute atomic E-state index is 0.000370. The lowest BCUT2D eigenvalue weighted by Gasteiger charge is -2.24. The maximum atomic E-state index is 12.4. The average molecular weight is 247 g/mol. The van der Waals surface area contributed by atoms with Crippen molar-refractivity contribution in [2.24, 2.45) is 0 Å². The Morgan fingerprint density at radius 3 is 2.94 bits per heavy atom. The van der Waals surface area contributed by atoms with Crippen LogP contribution in [-0.2, 0) is 0 Å². The predicted octanol–water partition coefficient (Wildman–Crippen LogP) is 0.731. The van der Waals surface area contributed by atoms with Crippen molar-refractivity contribution in [1.29, 1.82) is 0 Å². The number of rotatable bonds is 1. The number of carbonyl (C=O) groups excluding carboxylic acids is 1. The van der Waals surface area contributed by atoms with E-state index in [0.29, 0.717) is 25.1 Å². The van der Waals surface area contributed by atoms with Crippen molar-refractivity contribution < 1.29 is 9.90 Å². The molecule has 96 valence electrons. The molecule has 0 spiro atoms. The van der Waals surface area contributed by atoms with E-state index in [2.05, 4.69) is 10.6 Å². The highest BCUT2D eigenvalue weighted by molar-refractivity contribution is 6.02. The Hall–Kier alpha value is -1.75. The normalized spacial score (nSPS) is 22.1. The molecule has 1 fully saturated rings. The number of fused-ring (bicyclic) bond motifs is 1. The van der Waals surface area contributed by atoms with Crippen LogP contribution >= 0.6 is 0 Å². The molecule has 3 rings (SSSR count). The summed E-state index contributed by atoms with van der Waals surface area (Å²) in [6.45, 7) is 2.76. The van der Waals surface area contributed by atoms with Gasteiger partial charge in [0.25, 0.3) is 5.91 Å². The number of likely N-dealkylation sites (tertiary alicyclic amines) is 1. The monoisotopic (exact) mass is 247 g/mol. The molecule has 1 atom stereocenters. The highest BCUT2D eigenvalue weighted by Gasteiger charge is 2.27. The fourth-order valence-electron chi connectivity index (χ4n) is 2.55. The molecule has 5 nitrogen and oxygen atoms in total. The zero-order valence-corrected chi connectivity index (χ0v) is 10.1. The minimum atomic E-state index is -0.375. The van der Waals surface area contributed by atoms with Crippen molar-refractivity contribution in [1.82, 2.24) is 4.90 Å². The van der Waals surface area contributed by atoms with Gasteiger partial charge in [0.05, 0.1) is 23.0 Å². The van der Waals surface area contributed by atoms with Crippen LogP contribution < -0.4 is 10.6 Å². The molecule has 1 aromatic rings. The SMILES string of the molecule is O=C(c1cccc2c1NCCN2)N1CCC(O)C1. The highest BCUT2D eigenvalue weighted by Crippen LogP contribution is 2.29. The number of para-hydroxylation sites is 1. The molecule has 5 heteroatoms. The van der Waals surface area contributed by atoms with E-state index in [-0.39, 0.29) is 12.0 Å². The van der Waals surface area contributed by atoms with Crippen molar-refractivity contribution in [3.63, 3.8) is 0 Å². The van der Waals surface area contributed by atoms with Crippen molar-refractivity contribution in [3.8, 4) is 0 Å². The molecular weight excluding hydrogens is 230 g/mol. The number of aliphatic hydroxyl groups excluding tert-OH is 1. The first-order chi connectivity index (χ1) is 8.75. The second-order valence-corrected chi connectivity index (χ2v) is 4.78. The summed E-state index contributed by atoms with van der Waals surface area (Å²) in [5.41, 5.74) is 2.55. The van der Waals surface area contributed by atoms with E-state index < -0.39 is 0 Å². The molecule has 18 heavy (non-hydrogen) atoms. The van der Waals surface area contributed by atoms with E-state index in [1.165, 1.54) is 0 Å². The summed E-state index contributed by atoms with van der Waals surface area (Å²) in [6.07, 6.45) is 0.298. The summed E-state index contributed by atoms with van der Waals surface area (Å²) in [7, 11) is 0. The third-order valence-electron chi connectivity index (χ3n) is 3.49. The first kappa shape index (κ1) is 11.3. The van der Waals surface area contributed by atoms with Gasteiger partial charge in [0.1, 0.15) is 0 Å². The van der Waals surface area contributed by atoms with Crippen molar-refractivity contribution >= 4 is 17.3 Å². The van der Waals surface area contributed by atoms with Gasteiger partial charge in [-0.3, -0.25) is 4.79 Å². The molecule has 1 amide bonds. The highest BCUT2D eigenvalue weighted by atomic mass is 16.3. The van der Waals surface area contributed by atoms with Gasteiger partial charge in [0.2, 0.25) is 0 Å². The first-order valence-corrected chi connectivity index (χ1v) is 6.34. The topological polar surface area (TPSA) is 64.6 Å². The Morgan fingerprint density at radius 1 is 1.33 bits per heavy atom. The molecule has 1 saturated heterocycles. The van der Waals surface area contributed by atoms with E-state index >= 15 is 0 Å². The number of hydrogen-bond acceptors (Lipinski definition) is 4. The van der Waals surface area contributed by atoms with Gasteiger partial charge in [-0.25, -0.2) is 0 Å². The third-order valence-corrected chi connectivity index (χ3v) is 3.49. The van der Waals surface area contributed by atoms with Crippen LogP contribution in [0.2, 0.25) is 0 Å². The van der Waals surface area contributed by atoms with Gasteiger partial charge in [-0.1, -0.05) is 6.07 Å². The number of nitrogens with one attached hydrogen (secondary N) is 2.